The first-order chi connectivity index (χ1) is 14.4. The molecule has 0 aliphatic heterocycles. The first-order valence-corrected chi connectivity index (χ1v) is 12.1. The molecule has 3 aromatic rings. The number of fused-ring (bicyclic) bond motifs is 1. The second-order valence-electron chi connectivity index (χ2n) is 7.04. The van der Waals surface area contributed by atoms with E-state index in [0.29, 0.717) is 17.0 Å². The predicted octanol–water partition coefficient (Wildman–Crippen LogP) is 4.53. The number of carbonyl (C=O) groups excluding carboxylic acids is 2. The molecule has 0 aliphatic carbocycles. The van der Waals surface area contributed by atoms with Crippen LogP contribution in [-0.2, 0) is 22.5 Å². The van der Waals surface area contributed by atoms with Crippen LogP contribution >= 0.6 is 23.1 Å². The Balaban J connectivity index is 2.00. The third-order valence-corrected chi connectivity index (χ3v) is 6.41. The van der Waals surface area contributed by atoms with E-state index >= 15 is 0 Å². The molecule has 5 nitrogen and oxygen atoms in total. The van der Waals surface area contributed by atoms with Gasteiger partial charge in [0.15, 0.2) is 4.80 Å². The second-order valence-corrected chi connectivity index (χ2v) is 9.04. The molecule has 0 spiro atoms. The molecule has 0 saturated heterocycles. The Bertz CT molecular complexity index is 1150. The third kappa shape index (κ3) is 5.21. The number of thioether (sulfide) groups is 1. The van der Waals surface area contributed by atoms with Crippen LogP contribution in [0.15, 0.2) is 41.4 Å². The van der Waals surface area contributed by atoms with E-state index < -0.39 is 0 Å². The molecule has 7 heteroatoms. The van der Waals surface area contributed by atoms with Crippen molar-refractivity contribution >= 4 is 45.2 Å². The summed E-state index contributed by atoms with van der Waals surface area (Å²) in [5.41, 5.74) is 4.71. The van der Waals surface area contributed by atoms with E-state index in [1.54, 1.807) is 24.8 Å². The molecule has 0 radical (unpaired) electrons. The predicted molar refractivity (Wildman–Crippen MR) is 124 cm³/mol. The lowest BCUT2D eigenvalue weighted by atomic mass is 10.0. The van der Waals surface area contributed by atoms with Gasteiger partial charge in [0.1, 0.15) is 0 Å². The van der Waals surface area contributed by atoms with Crippen LogP contribution in [0.2, 0.25) is 0 Å². The van der Waals surface area contributed by atoms with Crippen LogP contribution in [0.5, 0.6) is 0 Å². The van der Waals surface area contributed by atoms with Crippen molar-refractivity contribution < 1.29 is 14.3 Å². The summed E-state index contributed by atoms with van der Waals surface area (Å²) in [6, 6.07) is 11.6. The van der Waals surface area contributed by atoms with Crippen molar-refractivity contribution in [2.75, 3.05) is 18.6 Å². The van der Waals surface area contributed by atoms with Crippen LogP contribution in [0.3, 0.4) is 0 Å². The highest BCUT2D eigenvalue weighted by Crippen LogP contribution is 2.21. The lowest BCUT2D eigenvalue weighted by Crippen LogP contribution is -2.18. The fraction of sp³-hybridized carbons (Fsp3) is 0.348. The normalized spacial score (nSPS) is 11.8. The fourth-order valence-corrected chi connectivity index (χ4v) is 4.68. The van der Waals surface area contributed by atoms with Gasteiger partial charge in [-0.15, -0.1) is 0 Å². The van der Waals surface area contributed by atoms with E-state index in [1.165, 1.54) is 11.3 Å². The summed E-state index contributed by atoms with van der Waals surface area (Å²) in [5, 5.41) is 0. The van der Waals surface area contributed by atoms with Gasteiger partial charge >= 0.3 is 5.97 Å². The van der Waals surface area contributed by atoms with Gasteiger partial charge in [0.05, 0.1) is 28.8 Å². The van der Waals surface area contributed by atoms with Crippen LogP contribution < -0.4 is 4.80 Å². The molecule has 0 unspecified atom stereocenters. The van der Waals surface area contributed by atoms with Gasteiger partial charge in [-0.1, -0.05) is 35.1 Å². The molecule has 1 amide bonds. The minimum Gasteiger partial charge on any atom is -0.462 e. The van der Waals surface area contributed by atoms with Gasteiger partial charge in [-0.05, 0) is 56.4 Å². The van der Waals surface area contributed by atoms with Gasteiger partial charge < -0.3 is 9.30 Å². The summed E-state index contributed by atoms with van der Waals surface area (Å²) < 4.78 is 8.09. The van der Waals surface area contributed by atoms with Gasteiger partial charge in [0.2, 0.25) is 0 Å². The van der Waals surface area contributed by atoms with Gasteiger partial charge in [-0.2, -0.15) is 16.8 Å². The molecule has 3 rings (SSSR count). The number of rotatable bonds is 7. The maximum absolute atomic E-state index is 12.8. The summed E-state index contributed by atoms with van der Waals surface area (Å²) >= 11 is 3.17. The fourth-order valence-electron chi connectivity index (χ4n) is 3.20. The SMILES string of the molecule is CCOC(=O)c1ccc2c(c1)sc(=NC(=O)Cc1cc(C)ccc1C)n2CCSC. The molecule has 0 saturated carbocycles. The number of benzene rings is 2. The number of amides is 1. The Kier molecular flexibility index (Phi) is 7.50. The van der Waals surface area contributed by atoms with Crippen molar-refractivity contribution in [3.63, 3.8) is 0 Å². The maximum atomic E-state index is 12.8. The number of hydrogen-bond donors (Lipinski definition) is 0. The molecule has 0 atom stereocenters. The Labute approximate surface area is 184 Å². The standard InChI is InChI=1S/C23H26N2O3S2/c1-5-28-22(27)17-8-9-19-20(13-17)30-23(25(19)10-11-29-4)24-21(26)14-18-12-15(2)6-7-16(18)3/h6-9,12-13H,5,10-11,14H2,1-4H3. The summed E-state index contributed by atoms with van der Waals surface area (Å²) in [5.74, 6) is 0.399. The molecular formula is C23H26N2O3S2. The monoisotopic (exact) mass is 442 g/mol. The van der Waals surface area contributed by atoms with Crippen LogP contribution in [-0.4, -0.2) is 35.1 Å². The van der Waals surface area contributed by atoms with E-state index in [4.69, 9.17) is 4.74 Å². The van der Waals surface area contributed by atoms with E-state index in [0.717, 1.165) is 39.2 Å². The number of esters is 1. The maximum Gasteiger partial charge on any atom is 0.338 e. The van der Waals surface area contributed by atoms with E-state index in [2.05, 4.69) is 15.8 Å². The van der Waals surface area contributed by atoms with Gasteiger partial charge in [-0.3, -0.25) is 4.79 Å². The molecule has 1 heterocycles. The van der Waals surface area contributed by atoms with Crippen LogP contribution in [0.4, 0.5) is 0 Å². The average molecular weight is 443 g/mol. The third-order valence-electron chi connectivity index (χ3n) is 4.78. The van der Waals surface area contributed by atoms with Gasteiger partial charge in [-0.25, -0.2) is 4.79 Å². The number of ether oxygens (including phenoxy) is 1. The van der Waals surface area contributed by atoms with Gasteiger partial charge in [0.25, 0.3) is 5.91 Å². The Morgan fingerprint density at radius 2 is 1.97 bits per heavy atom. The topological polar surface area (TPSA) is 60.7 Å². The Morgan fingerprint density at radius 3 is 2.70 bits per heavy atom. The highest BCUT2D eigenvalue weighted by molar-refractivity contribution is 7.98. The number of aryl methyl sites for hydroxylation is 3. The molecular weight excluding hydrogens is 416 g/mol. The number of thiazole rings is 1. The average Bonchev–Trinajstić information content (AvgIpc) is 3.05. The van der Waals surface area contributed by atoms with E-state index in [-0.39, 0.29) is 18.3 Å². The number of carbonyl (C=O) groups is 2. The molecule has 158 valence electrons. The van der Waals surface area contributed by atoms with Crippen LogP contribution in [0, 0.1) is 13.8 Å². The Hall–Kier alpha value is -2.38. The van der Waals surface area contributed by atoms with E-state index in [9.17, 15) is 9.59 Å². The van der Waals surface area contributed by atoms with Crippen molar-refractivity contribution in [2.24, 2.45) is 4.99 Å². The highest BCUT2D eigenvalue weighted by Gasteiger charge is 2.13. The minimum absolute atomic E-state index is 0.168. The second kappa shape index (κ2) is 10.1. The summed E-state index contributed by atoms with van der Waals surface area (Å²) in [6.07, 6.45) is 2.33. The number of nitrogens with zero attached hydrogens (tertiary/aromatic N) is 2. The number of hydrogen-bond acceptors (Lipinski definition) is 5. The minimum atomic E-state index is -0.340. The molecule has 30 heavy (non-hydrogen) atoms. The van der Waals surface area contributed by atoms with Crippen LogP contribution in [0.1, 0.15) is 34.0 Å². The van der Waals surface area contributed by atoms with Crippen molar-refractivity contribution in [3.05, 3.63) is 63.5 Å². The van der Waals surface area contributed by atoms with Crippen molar-refractivity contribution in [2.45, 2.75) is 33.7 Å². The first kappa shape index (κ1) is 22.3. The largest absolute Gasteiger partial charge is 0.462 e. The lowest BCUT2D eigenvalue weighted by Gasteiger charge is -2.06. The van der Waals surface area contributed by atoms with Gasteiger partial charge in [0, 0.05) is 12.3 Å². The zero-order valence-corrected chi connectivity index (χ0v) is 19.4. The molecule has 0 bridgehead atoms. The zero-order chi connectivity index (χ0) is 21.7. The lowest BCUT2D eigenvalue weighted by molar-refractivity contribution is -0.117. The summed E-state index contributed by atoms with van der Waals surface area (Å²) in [4.78, 5) is 29.9. The first-order valence-electron chi connectivity index (χ1n) is 9.86. The van der Waals surface area contributed by atoms with E-state index in [1.807, 2.05) is 44.2 Å². The molecule has 0 aliphatic rings. The molecule has 1 aromatic heterocycles. The highest BCUT2D eigenvalue weighted by atomic mass is 32.2. The van der Waals surface area contributed by atoms with Crippen molar-refractivity contribution in [1.82, 2.24) is 4.57 Å². The molecule has 2 aromatic carbocycles. The quantitative estimate of drug-likeness (QED) is 0.505. The van der Waals surface area contributed by atoms with Crippen molar-refractivity contribution in [1.29, 1.82) is 0 Å². The van der Waals surface area contributed by atoms with Crippen LogP contribution in [0.25, 0.3) is 10.2 Å². The van der Waals surface area contributed by atoms with Crippen molar-refractivity contribution in [3.8, 4) is 0 Å². The number of aromatic nitrogens is 1. The summed E-state index contributed by atoms with van der Waals surface area (Å²) in [6.45, 7) is 6.90. The smallest absolute Gasteiger partial charge is 0.338 e. The Morgan fingerprint density at radius 1 is 1.17 bits per heavy atom. The summed E-state index contributed by atoms with van der Waals surface area (Å²) in [7, 11) is 0. The molecule has 0 N–H and O–H groups in total. The molecule has 0 fully saturated rings. The zero-order valence-electron chi connectivity index (χ0n) is 17.7.